The van der Waals surface area contributed by atoms with E-state index in [-0.39, 0.29) is 21.7 Å². The lowest BCUT2D eigenvalue weighted by atomic mass is 9.96. The minimum absolute atomic E-state index is 0.0390. The van der Waals surface area contributed by atoms with Gasteiger partial charge in [0.25, 0.3) is 0 Å². The average molecular weight is 351 g/mol. The average Bonchev–Trinajstić information content (AvgIpc) is 2.52. The van der Waals surface area contributed by atoms with Crippen LogP contribution in [0.1, 0.15) is 0 Å². The number of rotatable bonds is 2. The first-order valence-electron chi connectivity index (χ1n) is 6.48. The molecule has 0 amide bonds. The van der Waals surface area contributed by atoms with Crippen LogP contribution in [-0.2, 0) is 0 Å². The van der Waals surface area contributed by atoms with Crippen molar-refractivity contribution >= 4 is 23.2 Å². The number of aromatic hydroxyl groups is 2. The Kier molecular flexibility index (Phi) is 4.07. The third-order valence-corrected chi connectivity index (χ3v) is 3.85. The van der Waals surface area contributed by atoms with Crippen molar-refractivity contribution in [2.45, 2.75) is 0 Å². The van der Waals surface area contributed by atoms with Gasteiger partial charge in [-0.1, -0.05) is 41.4 Å². The van der Waals surface area contributed by atoms with Gasteiger partial charge in [0.15, 0.2) is 0 Å². The van der Waals surface area contributed by atoms with Crippen molar-refractivity contribution < 1.29 is 14.6 Å². The fourth-order valence-electron chi connectivity index (χ4n) is 2.28. The van der Waals surface area contributed by atoms with E-state index in [4.69, 9.17) is 23.2 Å². The largest absolute Gasteiger partial charge is 0.492 e. The SMILES string of the molecule is Oc1nnc(O)c(-c2c(F)cccc2Cl)c1-c1ccc(Cl)cc1. The molecular weight excluding hydrogens is 342 g/mol. The molecule has 0 spiro atoms. The van der Waals surface area contributed by atoms with E-state index in [0.717, 1.165) is 0 Å². The van der Waals surface area contributed by atoms with E-state index < -0.39 is 17.6 Å². The molecule has 0 fully saturated rings. The molecular formula is C16H9Cl2FN2O2. The molecule has 3 aromatic rings. The summed E-state index contributed by atoms with van der Waals surface area (Å²) in [6.45, 7) is 0. The smallest absolute Gasteiger partial charge is 0.240 e. The van der Waals surface area contributed by atoms with Crippen LogP contribution in [0.4, 0.5) is 4.39 Å². The molecule has 2 N–H and O–H groups in total. The maximum Gasteiger partial charge on any atom is 0.240 e. The Morgan fingerprint density at radius 3 is 2.00 bits per heavy atom. The molecule has 23 heavy (non-hydrogen) atoms. The van der Waals surface area contributed by atoms with E-state index in [0.29, 0.717) is 10.6 Å². The number of halogens is 3. The molecule has 2 aromatic carbocycles. The summed E-state index contributed by atoms with van der Waals surface area (Å²) < 4.78 is 14.3. The van der Waals surface area contributed by atoms with Gasteiger partial charge in [-0.3, -0.25) is 0 Å². The lowest BCUT2D eigenvalue weighted by molar-refractivity contribution is 0.417. The van der Waals surface area contributed by atoms with E-state index in [1.165, 1.54) is 18.2 Å². The topological polar surface area (TPSA) is 66.2 Å². The van der Waals surface area contributed by atoms with E-state index in [1.807, 2.05) is 0 Å². The van der Waals surface area contributed by atoms with Crippen LogP contribution in [-0.4, -0.2) is 20.4 Å². The predicted molar refractivity (Wildman–Crippen MR) is 86.2 cm³/mol. The zero-order valence-electron chi connectivity index (χ0n) is 11.5. The highest BCUT2D eigenvalue weighted by molar-refractivity contribution is 6.33. The molecule has 0 radical (unpaired) electrons. The van der Waals surface area contributed by atoms with Gasteiger partial charge in [0.05, 0.1) is 16.1 Å². The van der Waals surface area contributed by atoms with Crippen molar-refractivity contribution in [1.82, 2.24) is 10.2 Å². The van der Waals surface area contributed by atoms with Gasteiger partial charge in [-0.2, -0.15) is 0 Å². The van der Waals surface area contributed by atoms with E-state index in [9.17, 15) is 14.6 Å². The van der Waals surface area contributed by atoms with Crippen LogP contribution in [0.3, 0.4) is 0 Å². The van der Waals surface area contributed by atoms with Gasteiger partial charge in [0.1, 0.15) is 5.82 Å². The Hall–Kier alpha value is -2.37. The van der Waals surface area contributed by atoms with Crippen molar-refractivity contribution in [1.29, 1.82) is 0 Å². The summed E-state index contributed by atoms with van der Waals surface area (Å²) in [5.74, 6) is -1.66. The van der Waals surface area contributed by atoms with Gasteiger partial charge < -0.3 is 10.2 Å². The summed E-state index contributed by atoms with van der Waals surface area (Å²) in [4.78, 5) is 0. The normalized spacial score (nSPS) is 10.7. The van der Waals surface area contributed by atoms with Crippen molar-refractivity contribution in [3.8, 4) is 34.0 Å². The molecule has 1 aromatic heterocycles. The summed E-state index contributed by atoms with van der Waals surface area (Å²) in [6.07, 6.45) is 0. The zero-order chi connectivity index (χ0) is 16.6. The first-order valence-corrected chi connectivity index (χ1v) is 7.23. The minimum atomic E-state index is -0.657. The monoisotopic (exact) mass is 350 g/mol. The maximum atomic E-state index is 14.3. The van der Waals surface area contributed by atoms with Crippen LogP contribution in [0.25, 0.3) is 22.3 Å². The van der Waals surface area contributed by atoms with Gasteiger partial charge in [0, 0.05) is 10.6 Å². The third kappa shape index (κ3) is 2.81. The Bertz CT molecular complexity index is 866. The van der Waals surface area contributed by atoms with Crippen molar-refractivity contribution in [2.24, 2.45) is 0 Å². The summed E-state index contributed by atoms with van der Waals surface area (Å²) >= 11 is 11.9. The zero-order valence-corrected chi connectivity index (χ0v) is 13.0. The minimum Gasteiger partial charge on any atom is -0.492 e. The standard InChI is InChI=1S/C16H9Cl2FN2O2/c17-9-6-4-8(5-7-9)12-14(16(23)21-20-15(12)22)13-10(18)2-1-3-11(13)19/h1-7H,(H,20,22)(H,21,23). The van der Waals surface area contributed by atoms with E-state index >= 15 is 0 Å². The quantitative estimate of drug-likeness (QED) is 0.704. The molecule has 0 aliphatic heterocycles. The second-order valence-electron chi connectivity index (χ2n) is 4.70. The van der Waals surface area contributed by atoms with E-state index in [1.54, 1.807) is 24.3 Å². The molecule has 0 saturated carbocycles. The summed E-state index contributed by atoms with van der Waals surface area (Å²) in [5, 5.41) is 27.7. The molecule has 3 rings (SSSR count). The lowest BCUT2D eigenvalue weighted by Gasteiger charge is -2.14. The number of hydrogen-bond donors (Lipinski definition) is 2. The summed E-state index contributed by atoms with van der Waals surface area (Å²) in [5.41, 5.74) is 0.484. The predicted octanol–water partition coefficient (Wildman–Crippen LogP) is 4.67. The van der Waals surface area contributed by atoms with Crippen molar-refractivity contribution in [3.63, 3.8) is 0 Å². The number of aromatic nitrogens is 2. The van der Waals surface area contributed by atoms with Crippen LogP contribution in [0.2, 0.25) is 10.0 Å². The van der Waals surface area contributed by atoms with Gasteiger partial charge in [-0.05, 0) is 29.8 Å². The first-order chi connectivity index (χ1) is 11.0. The number of nitrogens with zero attached hydrogens (tertiary/aromatic N) is 2. The lowest BCUT2D eigenvalue weighted by Crippen LogP contribution is -1.96. The highest BCUT2D eigenvalue weighted by atomic mass is 35.5. The highest BCUT2D eigenvalue weighted by Crippen LogP contribution is 2.44. The molecule has 4 nitrogen and oxygen atoms in total. The number of benzene rings is 2. The molecule has 0 atom stereocenters. The second-order valence-corrected chi connectivity index (χ2v) is 5.54. The van der Waals surface area contributed by atoms with Crippen LogP contribution < -0.4 is 0 Å². The van der Waals surface area contributed by atoms with E-state index in [2.05, 4.69) is 10.2 Å². The Morgan fingerprint density at radius 2 is 1.39 bits per heavy atom. The molecule has 0 aliphatic carbocycles. The Balaban J connectivity index is 2.37. The second kappa shape index (κ2) is 6.02. The summed E-state index contributed by atoms with van der Waals surface area (Å²) in [7, 11) is 0. The molecule has 7 heteroatoms. The fourth-order valence-corrected chi connectivity index (χ4v) is 2.67. The Labute approximate surface area is 140 Å². The van der Waals surface area contributed by atoms with Gasteiger partial charge >= 0.3 is 0 Å². The van der Waals surface area contributed by atoms with Crippen LogP contribution >= 0.6 is 23.2 Å². The molecule has 0 unspecified atom stereocenters. The molecule has 0 bridgehead atoms. The molecule has 116 valence electrons. The third-order valence-electron chi connectivity index (χ3n) is 3.28. The van der Waals surface area contributed by atoms with Crippen molar-refractivity contribution in [3.05, 3.63) is 58.3 Å². The molecule has 1 heterocycles. The Morgan fingerprint density at radius 1 is 0.783 bits per heavy atom. The number of hydrogen-bond acceptors (Lipinski definition) is 4. The van der Waals surface area contributed by atoms with Crippen molar-refractivity contribution in [2.75, 3.05) is 0 Å². The van der Waals surface area contributed by atoms with Crippen LogP contribution in [0, 0.1) is 5.82 Å². The van der Waals surface area contributed by atoms with Crippen LogP contribution in [0.5, 0.6) is 11.8 Å². The van der Waals surface area contributed by atoms with Gasteiger partial charge in [-0.15, -0.1) is 10.2 Å². The molecule has 0 aliphatic rings. The van der Waals surface area contributed by atoms with Crippen LogP contribution in [0.15, 0.2) is 42.5 Å². The van der Waals surface area contributed by atoms with Gasteiger partial charge in [0.2, 0.25) is 11.8 Å². The summed E-state index contributed by atoms with van der Waals surface area (Å²) in [6, 6.07) is 10.5. The molecule has 0 saturated heterocycles. The van der Waals surface area contributed by atoms with Gasteiger partial charge in [-0.25, -0.2) is 4.39 Å². The first kappa shape index (κ1) is 15.5. The highest BCUT2D eigenvalue weighted by Gasteiger charge is 2.23. The maximum absolute atomic E-state index is 14.3. The fraction of sp³-hybridized carbons (Fsp3) is 0.